The molecule has 0 bridgehead atoms. The number of fused-ring (bicyclic) bond motifs is 1. The molecule has 0 radical (unpaired) electrons. The van der Waals surface area contributed by atoms with Crippen LogP contribution >= 0.6 is 11.6 Å². The first-order valence-corrected chi connectivity index (χ1v) is 11.2. The third kappa shape index (κ3) is 3.67. The molecule has 0 spiro atoms. The molecule has 5 rings (SSSR count). The topological polar surface area (TPSA) is 75.7 Å². The van der Waals surface area contributed by atoms with Gasteiger partial charge in [-0.2, -0.15) is 0 Å². The zero-order chi connectivity index (χ0) is 23.9. The van der Waals surface area contributed by atoms with Crippen LogP contribution in [0.3, 0.4) is 0 Å². The van der Waals surface area contributed by atoms with Crippen molar-refractivity contribution >= 4 is 40.7 Å². The molecule has 1 fully saturated rings. The summed E-state index contributed by atoms with van der Waals surface area (Å²) in [5.74, 6) is -1.53. The summed E-state index contributed by atoms with van der Waals surface area (Å²) in [6, 6.07) is 17.2. The van der Waals surface area contributed by atoms with Crippen LogP contribution < -0.4 is 10.2 Å². The van der Waals surface area contributed by atoms with Crippen molar-refractivity contribution in [1.82, 2.24) is 0 Å². The van der Waals surface area contributed by atoms with Crippen molar-refractivity contribution < 1.29 is 23.5 Å². The van der Waals surface area contributed by atoms with Crippen molar-refractivity contribution in [2.75, 3.05) is 23.4 Å². The molecule has 0 aliphatic carbocycles. The van der Waals surface area contributed by atoms with Crippen LogP contribution in [0.15, 0.2) is 66.7 Å². The number of halogens is 2. The number of imide groups is 1. The molecule has 3 aromatic rings. The summed E-state index contributed by atoms with van der Waals surface area (Å²) < 4.78 is 19.0. The van der Waals surface area contributed by atoms with Crippen LogP contribution in [0.5, 0.6) is 0 Å². The lowest BCUT2D eigenvalue weighted by Crippen LogP contribution is -2.44. The largest absolute Gasteiger partial charge is 0.381 e. The molecule has 1 saturated heterocycles. The van der Waals surface area contributed by atoms with Crippen LogP contribution in [-0.2, 0) is 14.9 Å². The highest BCUT2D eigenvalue weighted by Crippen LogP contribution is 2.38. The van der Waals surface area contributed by atoms with Crippen molar-refractivity contribution in [3.63, 3.8) is 0 Å². The lowest BCUT2D eigenvalue weighted by molar-refractivity contribution is -0.125. The Morgan fingerprint density at radius 2 is 1.56 bits per heavy atom. The number of rotatable bonds is 4. The van der Waals surface area contributed by atoms with Gasteiger partial charge in [0.2, 0.25) is 5.91 Å². The summed E-state index contributed by atoms with van der Waals surface area (Å²) in [7, 11) is 0. The van der Waals surface area contributed by atoms with E-state index in [1.807, 2.05) is 0 Å². The van der Waals surface area contributed by atoms with Crippen LogP contribution in [0, 0.1) is 5.82 Å². The second kappa shape index (κ2) is 8.66. The summed E-state index contributed by atoms with van der Waals surface area (Å²) in [6.07, 6.45) is 0.899. The molecule has 0 saturated carbocycles. The SMILES string of the molecule is O=C1c2ccccc2C(=O)N1c1ccc(NC(=O)C2(c3ccc(F)cc3)CCOCC2)cc1Cl. The maximum atomic E-state index is 13.5. The minimum atomic E-state index is -0.875. The van der Waals surface area contributed by atoms with Gasteiger partial charge in [-0.05, 0) is 60.9 Å². The summed E-state index contributed by atoms with van der Waals surface area (Å²) in [5.41, 5.74) is 1.14. The van der Waals surface area contributed by atoms with Gasteiger partial charge in [0.1, 0.15) is 5.82 Å². The van der Waals surface area contributed by atoms with E-state index in [0.29, 0.717) is 48.4 Å². The minimum absolute atomic E-state index is 0.148. The van der Waals surface area contributed by atoms with E-state index in [4.69, 9.17) is 16.3 Å². The number of anilines is 2. The molecule has 34 heavy (non-hydrogen) atoms. The van der Waals surface area contributed by atoms with Gasteiger partial charge in [0, 0.05) is 18.9 Å². The van der Waals surface area contributed by atoms with Gasteiger partial charge in [-0.3, -0.25) is 14.4 Å². The average Bonchev–Trinajstić information content (AvgIpc) is 3.10. The Morgan fingerprint density at radius 1 is 0.941 bits per heavy atom. The van der Waals surface area contributed by atoms with Crippen LogP contribution in [0.1, 0.15) is 39.1 Å². The maximum absolute atomic E-state index is 13.5. The van der Waals surface area contributed by atoms with Crippen molar-refractivity contribution in [2.24, 2.45) is 0 Å². The Hall–Kier alpha value is -3.55. The highest BCUT2D eigenvalue weighted by Gasteiger charge is 2.42. The predicted octanol–water partition coefficient (Wildman–Crippen LogP) is 4.97. The van der Waals surface area contributed by atoms with E-state index in [1.165, 1.54) is 24.3 Å². The number of benzene rings is 3. The van der Waals surface area contributed by atoms with Crippen LogP contribution in [0.4, 0.5) is 15.8 Å². The molecular formula is C26H20ClFN2O4. The van der Waals surface area contributed by atoms with Gasteiger partial charge in [-0.25, -0.2) is 9.29 Å². The number of hydrogen-bond donors (Lipinski definition) is 1. The minimum Gasteiger partial charge on any atom is -0.381 e. The number of nitrogens with zero attached hydrogens (tertiary/aromatic N) is 1. The summed E-state index contributed by atoms with van der Waals surface area (Å²) in [5, 5.41) is 3.05. The van der Waals surface area contributed by atoms with E-state index in [2.05, 4.69) is 5.32 Å². The van der Waals surface area contributed by atoms with E-state index < -0.39 is 17.2 Å². The molecular weight excluding hydrogens is 459 g/mol. The van der Waals surface area contributed by atoms with Gasteiger partial charge in [-0.1, -0.05) is 35.9 Å². The first-order chi connectivity index (χ1) is 16.4. The second-order valence-corrected chi connectivity index (χ2v) is 8.72. The normalized spacial score (nSPS) is 16.9. The Morgan fingerprint density at radius 3 is 2.15 bits per heavy atom. The molecule has 2 aliphatic rings. The fourth-order valence-electron chi connectivity index (χ4n) is 4.56. The number of amides is 3. The fourth-order valence-corrected chi connectivity index (χ4v) is 4.83. The van der Waals surface area contributed by atoms with Crippen molar-refractivity contribution in [3.05, 3.63) is 94.3 Å². The second-order valence-electron chi connectivity index (χ2n) is 8.31. The molecule has 0 atom stereocenters. The predicted molar refractivity (Wildman–Crippen MR) is 126 cm³/mol. The Kier molecular flexibility index (Phi) is 5.67. The Labute approximate surface area is 200 Å². The average molecular weight is 479 g/mol. The Balaban J connectivity index is 1.42. The molecule has 1 N–H and O–H groups in total. The zero-order valence-electron chi connectivity index (χ0n) is 18.0. The standard InChI is InChI=1S/C26H20ClFN2O4/c27-21-15-18(9-10-22(21)30-23(31)19-3-1-2-4-20(19)24(30)32)29-25(33)26(11-13-34-14-12-26)16-5-7-17(28)8-6-16/h1-10,15H,11-14H2,(H,29,33). The fraction of sp³-hybridized carbons (Fsp3) is 0.192. The number of nitrogens with one attached hydrogen (secondary N) is 1. The zero-order valence-corrected chi connectivity index (χ0v) is 18.8. The summed E-state index contributed by atoms with van der Waals surface area (Å²) >= 11 is 6.46. The first kappa shape index (κ1) is 22.3. The van der Waals surface area contributed by atoms with Crippen LogP contribution in [-0.4, -0.2) is 30.9 Å². The third-order valence-electron chi connectivity index (χ3n) is 6.42. The highest BCUT2D eigenvalue weighted by molar-refractivity contribution is 6.40. The van der Waals surface area contributed by atoms with E-state index in [0.717, 1.165) is 4.90 Å². The smallest absolute Gasteiger partial charge is 0.266 e. The van der Waals surface area contributed by atoms with Crippen LogP contribution in [0.2, 0.25) is 5.02 Å². The van der Waals surface area contributed by atoms with Crippen molar-refractivity contribution in [1.29, 1.82) is 0 Å². The maximum Gasteiger partial charge on any atom is 0.266 e. The van der Waals surface area contributed by atoms with Gasteiger partial charge >= 0.3 is 0 Å². The van der Waals surface area contributed by atoms with E-state index in [9.17, 15) is 18.8 Å². The van der Waals surface area contributed by atoms with E-state index in [-0.39, 0.29) is 22.4 Å². The van der Waals surface area contributed by atoms with Crippen molar-refractivity contribution in [3.8, 4) is 0 Å². The molecule has 0 aromatic heterocycles. The quantitative estimate of drug-likeness (QED) is 0.537. The van der Waals surface area contributed by atoms with Gasteiger partial charge in [0.15, 0.2) is 0 Å². The third-order valence-corrected chi connectivity index (χ3v) is 6.72. The molecule has 3 aromatic carbocycles. The van der Waals surface area contributed by atoms with Gasteiger partial charge < -0.3 is 10.1 Å². The van der Waals surface area contributed by atoms with Gasteiger partial charge in [-0.15, -0.1) is 0 Å². The monoisotopic (exact) mass is 478 g/mol. The number of ether oxygens (including phenoxy) is 1. The van der Waals surface area contributed by atoms with Gasteiger partial charge in [0.25, 0.3) is 11.8 Å². The molecule has 172 valence electrons. The molecule has 2 aliphatic heterocycles. The van der Waals surface area contributed by atoms with E-state index >= 15 is 0 Å². The molecule has 8 heteroatoms. The lowest BCUT2D eigenvalue weighted by atomic mass is 9.73. The summed E-state index contributed by atoms with van der Waals surface area (Å²) in [6.45, 7) is 0.814. The van der Waals surface area contributed by atoms with E-state index in [1.54, 1.807) is 42.5 Å². The first-order valence-electron chi connectivity index (χ1n) is 10.8. The van der Waals surface area contributed by atoms with Gasteiger partial charge in [0.05, 0.1) is 27.3 Å². The molecule has 2 heterocycles. The Bertz CT molecular complexity index is 1270. The molecule has 3 amide bonds. The highest BCUT2D eigenvalue weighted by atomic mass is 35.5. The summed E-state index contributed by atoms with van der Waals surface area (Å²) in [4.78, 5) is 40.1. The number of carbonyl (C=O) groups excluding carboxylic acids is 3. The number of carbonyl (C=O) groups is 3. The van der Waals surface area contributed by atoms with Crippen LogP contribution in [0.25, 0.3) is 0 Å². The number of hydrogen-bond acceptors (Lipinski definition) is 4. The molecule has 0 unspecified atom stereocenters. The van der Waals surface area contributed by atoms with Crippen molar-refractivity contribution in [2.45, 2.75) is 18.3 Å². The lowest BCUT2D eigenvalue weighted by Gasteiger charge is -2.36. The molecule has 6 nitrogen and oxygen atoms in total.